The van der Waals surface area contributed by atoms with Crippen molar-refractivity contribution < 1.29 is 24.3 Å². The van der Waals surface area contributed by atoms with E-state index in [0.717, 1.165) is 5.75 Å². The van der Waals surface area contributed by atoms with Gasteiger partial charge in [0.05, 0.1) is 14.2 Å². The predicted octanol–water partition coefficient (Wildman–Crippen LogP) is 3.01. The molecule has 5 nitrogen and oxygen atoms in total. The maximum absolute atomic E-state index is 5.05. The van der Waals surface area contributed by atoms with Crippen molar-refractivity contribution in [3.63, 3.8) is 0 Å². The minimum atomic E-state index is 0.480. The van der Waals surface area contributed by atoms with Gasteiger partial charge >= 0.3 is 0 Å². The van der Waals surface area contributed by atoms with Crippen molar-refractivity contribution in [1.82, 2.24) is 0 Å². The topological polar surface area (TPSA) is 46.2 Å². The van der Waals surface area contributed by atoms with Gasteiger partial charge in [-0.2, -0.15) is 0 Å². The average Bonchev–Trinajstić information content (AvgIpc) is 2.48. The molecule has 0 radical (unpaired) electrons. The highest BCUT2D eigenvalue weighted by Gasteiger charge is 2.00. The van der Waals surface area contributed by atoms with E-state index >= 15 is 0 Å². The standard InChI is InChI=1S/C14H14O5/c1-15-11-6-8-12(9-7-11)17-19-18-14-5-3-4-13(10-14)16-2/h3-10H,1-2H3. The van der Waals surface area contributed by atoms with Gasteiger partial charge in [-0.15, -0.1) is 0 Å². The normalized spacial score (nSPS) is 9.79. The molecular formula is C14H14O5. The summed E-state index contributed by atoms with van der Waals surface area (Å²) in [4.78, 5) is 9.94. The largest absolute Gasteiger partial charge is 0.497 e. The van der Waals surface area contributed by atoms with E-state index < -0.39 is 0 Å². The Bertz CT molecular complexity index is 509. The lowest BCUT2D eigenvalue weighted by molar-refractivity contribution is -0.411. The summed E-state index contributed by atoms with van der Waals surface area (Å²) in [6.07, 6.45) is 0. The van der Waals surface area contributed by atoms with Gasteiger partial charge in [-0.1, -0.05) is 6.07 Å². The highest BCUT2D eigenvalue weighted by molar-refractivity contribution is 5.32. The molecule has 0 spiro atoms. The minimum Gasteiger partial charge on any atom is -0.497 e. The zero-order valence-electron chi connectivity index (χ0n) is 10.7. The molecule has 100 valence electrons. The van der Waals surface area contributed by atoms with Gasteiger partial charge in [0.25, 0.3) is 0 Å². The van der Waals surface area contributed by atoms with Crippen LogP contribution >= 0.6 is 0 Å². The molecule has 0 fully saturated rings. The van der Waals surface area contributed by atoms with Crippen molar-refractivity contribution in [1.29, 1.82) is 0 Å². The molecule has 0 unspecified atom stereocenters. The van der Waals surface area contributed by atoms with Crippen LogP contribution in [-0.4, -0.2) is 14.2 Å². The summed E-state index contributed by atoms with van der Waals surface area (Å²) in [6, 6.07) is 13.9. The molecule has 2 aromatic rings. The lowest BCUT2D eigenvalue weighted by Gasteiger charge is -2.06. The first-order valence-electron chi connectivity index (χ1n) is 5.61. The van der Waals surface area contributed by atoms with E-state index in [0.29, 0.717) is 17.2 Å². The van der Waals surface area contributed by atoms with Crippen molar-refractivity contribution in [2.24, 2.45) is 0 Å². The van der Waals surface area contributed by atoms with Crippen molar-refractivity contribution in [2.75, 3.05) is 14.2 Å². The Morgan fingerprint density at radius 1 is 0.632 bits per heavy atom. The van der Waals surface area contributed by atoms with Crippen molar-refractivity contribution in [3.05, 3.63) is 48.5 Å². The summed E-state index contributed by atoms with van der Waals surface area (Å²) in [5.41, 5.74) is 0. The zero-order chi connectivity index (χ0) is 13.5. The molecular weight excluding hydrogens is 248 g/mol. The summed E-state index contributed by atoms with van der Waals surface area (Å²) in [6.45, 7) is 0. The van der Waals surface area contributed by atoms with Gasteiger partial charge in [0, 0.05) is 11.1 Å². The van der Waals surface area contributed by atoms with Crippen molar-refractivity contribution in [3.8, 4) is 23.0 Å². The van der Waals surface area contributed by atoms with E-state index in [1.165, 1.54) is 0 Å². The van der Waals surface area contributed by atoms with Crippen LogP contribution < -0.4 is 19.2 Å². The first-order chi connectivity index (χ1) is 9.31. The molecule has 2 rings (SSSR count). The minimum absolute atomic E-state index is 0.480. The van der Waals surface area contributed by atoms with Gasteiger partial charge in [0.2, 0.25) is 0 Å². The summed E-state index contributed by atoms with van der Waals surface area (Å²) in [5.74, 6) is 2.39. The Morgan fingerprint density at radius 3 is 1.89 bits per heavy atom. The van der Waals surface area contributed by atoms with Gasteiger partial charge in [-0.25, -0.2) is 0 Å². The van der Waals surface area contributed by atoms with Crippen molar-refractivity contribution in [2.45, 2.75) is 0 Å². The van der Waals surface area contributed by atoms with E-state index in [2.05, 4.69) is 5.04 Å². The van der Waals surface area contributed by atoms with Gasteiger partial charge in [0.1, 0.15) is 11.5 Å². The second-order valence-electron chi connectivity index (χ2n) is 3.59. The zero-order valence-corrected chi connectivity index (χ0v) is 10.7. The monoisotopic (exact) mass is 262 g/mol. The van der Waals surface area contributed by atoms with Gasteiger partial charge < -0.3 is 9.47 Å². The highest BCUT2D eigenvalue weighted by Crippen LogP contribution is 2.20. The van der Waals surface area contributed by atoms with Gasteiger partial charge in [-0.3, -0.25) is 9.78 Å². The van der Waals surface area contributed by atoms with Crippen LogP contribution in [-0.2, 0) is 5.04 Å². The number of hydrogen-bond donors (Lipinski definition) is 0. The molecule has 0 aliphatic heterocycles. The Balaban J connectivity index is 1.85. The van der Waals surface area contributed by atoms with Crippen molar-refractivity contribution >= 4 is 0 Å². The lowest BCUT2D eigenvalue weighted by Crippen LogP contribution is -2.02. The molecule has 0 amide bonds. The van der Waals surface area contributed by atoms with Gasteiger partial charge in [-0.05, 0) is 36.4 Å². The van der Waals surface area contributed by atoms with Crippen LogP contribution in [0.3, 0.4) is 0 Å². The first kappa shape index (κ1) is 13.0. The fourth-order valence-electron chi connectivity index (χ4n) is 1.38. The maximum atomic E-state index is 5.05. The second kappa shape index (κ2) is 6.51. The fourth-order valence-corrected chi connectivity index (χ4v) is 1.38. The summed E-state index contributed by atoms with van der Waals surface area (Å²) in [7, 11) is 3.17. The maximum Gasteiger partial charge on any atom is 0.173 e. The summed E-state index contributed by atoms with van der Waals surface area (Å²) in [5, 5.41) is 4.68. The van der Waals surface area contributed by atoms with Crippen LogP contribution in [0, 0.1) is 0 Å². The number of rotatable bonds is 6. The molecule has 0 bridgehead atoms. The fraction of sp³-hybridized carbons (Fsp3) is 0.143. The molecule has 2 aromatic carbocycles. The van der Waals surface area contributed by atoms with E-state index in [1.807, 2.05) is 0 Å². The van der Waals surface area contributed by atoms with Crippen LogP contribution in [0.25, 0.3) is 0 Å². The predicted molar refractivity (Wildman–Crippen MR) is 68.3 cm³/mol. The summed E-state index contributed by atoms with van der Waals surface area (Å²) < 4.78 is 10.1. The van der Waals surface area contributed by atoms with Crippen LogP contribution in [0.5, 0.6) is 23.0 Å². The molecule has 0 aliphatic rings. The van der Waals surface area contributed by atoms with Crippen LogP contribution in [0.4, 0.5) is 0 Å². The Hall–Kier alpha value is -2.40. The average molecular weight is 262 g/mol. The molecule has 0 saturated heterocycles. The number of hydrogen-bond acceptors (Lipinski definition) is 5. The Kier molecular flexibility index (Phi) is 4.47. The Morgan fingerprint density at radius 2 is 1.21 bits per heavy atom. The third-order valence-corrected chi connectivity index (χ3v) is 2.36. The molecule has 5 heteroatoms. The molecule has 0 aliphatic carbocycles. The molecule has 0 atom stereocenters. The van der Waals surface area contributed by atoms with Crippen LogP contribution in [0.2, 0.25) is 0 Å². The SMILES string of the molecule is COc1ccc(OOOc2cccc(OC)c2)cc1. The Labute approximate surface area is 111 Å². The van der Waals surface area contributed by atoms with E-state index in [1.54, 1.807) is 62.8 Å². The van der Waals surface area contributed by atoms with Crippen LogP contribution in [0.15, 0.2) is 48.5 Å². The highest BCUT2D eigenvalue weighted by atomic mass is 17.5. The third-order valence-electron chi connectivity index (χ3n) is 2.36. The lowest BCUT2D eigenvalue weighted by atomic mass is 10.3. The molecule has 0 heterocycles. The first-order valence-corrected chi connectivity index (χ1v) is 5.61. The molecule has 0 N–H and O–H groups in total. The van der Waals surface area contributed by atoms with E-state index in [9.17, 15) is 0 Å². The molecule has 0 aromatic heterocycles. The van der Waals surface area contributed by atoms with Gasteiger partial charge in [0.15, 0.2) is 11.5 Å². The summed E-state index contributed by atoms with van der Waals surface area (Å²) >= 11 is 0. The molecule has 19 heavy (non-hydrogen) atoms. The molecule has 0 saturated carbocycles. The van der Waals surface area contributed by atoms with Crippen LogP contribution in [0.1, 0.15) is 0 Å². The number of benzene rings is 2. The number of ether oxygens (including phenoxy) is 2. The third kappa shape index (κ3) is 3.79. The second-order valence-corrected chi connectivity index (χ2v) is 3.59. The smallest absolute Gasteiger partial charge is 0.173 e. The van der Waals surface area contributed by atoms with E-state index in [4.69, 9.17) is 19.2 Å². The van der Waals surface area contributed by atoms with E-state index in [-0.39, 0.29) is 0 Å². The quantitative estimate of drug-likeness (QED) is 0.591. The number of methoxy groups -OCH3 is 2.